The summed E-state index contributed by atoms with van der Waals surface area (Å²) in [6, 6.07) is 12.8. The summed E-state index contributed by atoms with van der Waals surface area (Å²) in [6.07, 6.45) is -7.93. The second-order valence-electron chi connectivity index (χ2n) is 8.36. The van der Waals surface area contributed by atoms with E-state index in [1.54, 1.807) is 54.6 Å². The number of aliphatic hydroxyl groups excluding tert-OH is 1. The summed E-state index contributed by atoms with van der Waals surface area (Å²) < 4.78 is 39.4. The summed E-state index contributed by atoms with van der Waals surface area (Å²) in [5.41, 5.74) is 7.16. The molecule has 0 saturated heterocycles. The summed E-state index contributed by atoms with van der Waals surface area (Å²) in [6.45, 7) is 3.01. The molecule has 0 saturated carbocycles. The minimum Gasteiger partial charge on any atom is -0.383 e. The Hall–Kier alpha value is -2.42. The Morgan fingerprint density at radius 1 is 1.09 bits per heavy atom. The first-order chi connectivity index (χ1) is 15.4. The third-order valence-corrected chi connectivity index (χ3v) is 5.69. The van der Waals surface area contributed by atoms with E-state index in [9.17, 15) is 27.9 Å². The van der Waals surface area contributed by atoms with E-state index in [0.29, 0.717) is 10.6 Å². The number of benzene rings is 2. The van der Waals surface area contributed by atoms with Crippen LogP contribution in [0.4, 0.5) is 13.2 Å². The van der Waals surface area contributed by atoms with Gasteiger partial charge in [-0.2, -0.15) is 13.2 Å². The third-order valence-electron chi connectivity index (χ3n) is 5.46. The Bertz CT molecular complexity index is 938. The molecule has 2 aromatic rings. The van der Waals surface area contributed by atoms with Gasteiger partial charge in [0, 0.05) is 17.4 Å². The lowest BCUT2D eigenvalue weighted by molar-refractivity contribution is -0.224. The molecule has 0 aliphatic carbocycles. The number of aliphatic hydroxyl groups is 1. The maximum Gasteiger partial charge on any atom is 0.414 e. The Morgan fingerprint density at radius 2 is 1.73 bits per heavy atom. The largest absolute Gasteiger partial charge is 0.414 e. The zero-order valence-electron chi connectivity index (χ0n) is 18.4. The Morgan fingerprint density at radius 3 is 2.27 bits per heavy atom. The van der Waals surface area contributed by atoms with Crippen LogP contribution in [0.3, 0.4) is 0 Å². The normalized spacial score (nSPS) is 15.5. The van der Waals surface area contributed by atoms with Gasteiger partial charge in [-0.25, -0.2) is 0 Å². The molecular weight excluding hydrogens is 457 g/mol. The number of Topliss-reactive ketones (excluding diaryl/α,β-unsaturated/α-hetero) is 1. The number of carbonyl (C=O) groups is 2. The van der Waals surface area contributed by atoms with E-state index in [1.807, 2.05) is 0 Å². The first-order valence-electron chi connectivity index (χ1n) is 10.5. The standard InChI is InChI=1S/C24H28ClF3N2O3/c1-14(2)18(22(32)24(26,27)28)13-20(31)21(16-8-4-3-5-9-16)30-23(33)19(29)12-15-7-6-10-17(25)11-15/h3-11,14,18-19,21-22,32H,12-13,29H2,1-2H3,(H,30,33)/t18-,19-,21-,22-/m0/s1. The van der Waals surface area contributed by atoms with Crippen molar-refractivity contribution in [2.75, 3.05) is 0 Å². The van der Waals surface area contributed by atoms with Gasteiger partial charge in [0.05, 0.1) is 6.04 Å². The highest BCUT2D eigenvalue weighted by molar-refractivity contribution is 6.30. The summed E-state index contributed by atoms with van der Waals surface area (Å²) in [7, 11) is 0. The first-order valence-corrected chi connectivity index (χ1v) is 10.9. The van der Waals surface area contributed by atoms with Crippen molar-refractivity contribution >= 4 is 23.3 Å². The van der Waals surface area contributed by atoms with E-state index in [1.165, 1.54) is 13.8 Å². The molecule has 0 aliphatic heterocycles. The van der Waals surface area contributed by atoms with Crippen molar-refractivity contribution < 1.29 is 27.9 Å². The smallest absolute Gasteiger partial charge is 0.383 e. The second-order valence-corrected chi connectivity index (χ2v) is 8.79. The summed E-state index contributed by atoms with van der Waals surface area (Å²) in [5.74, 6) is -3.26. The van der Waals surface area contributed by atoms with Crippen LogP contribution < -0.4 is 11.1 Å². The molecule has 4 atom stereocenters. The van der Waals surface area contributed by atoms with Crippen molar-refractivity contribution in [2.24, 2.45) is 17.6 Å². The van der Waals surface area contributed by atoms with Crippen molar-refractivity contribution in [3.05, 3.63) is 70.7 Å². The molecule has 33 heavy (non-hydrogen) atoms. The third kappa shape index (κ3) is 7.84. The predicted octanol–water partition coefficient (Wildman–Crippen LogP) is 4.22. The molecule has 0 radical (unpaired) electrons. The fraction of sp³-hybridized carbons (Fsp3) is 0.417. The molecule has 0 fully saturated rings. The molecule has 0 unspecified atom stereocenters. The summed E-state index contributed by atoms with van der Waals surface area (Å²) in [5, 5.41) is 12.8. The van der Waals surface area contributed by atoms with Gasteiger partial charge >= 0.3 is 6.18 Å². The molecule has 0 spiro atoms. The molecule has 5 nitrogen and oxygen atoms in total. The van der Waals surface area contributed by atoms with Gasteiger partial charge in [0.15, 0.2) is 11.9 Å². The highest BCUT2D eigenvalue weighted by atomic mass is 35.5. The van der Waals surface area contributed by atoms with Gasteiger partial charge in [-0.15, -0.1) is 0 Å². The van der Waals surface area contributed by atoms with Crippen LogP contribution in [-0.4, -0.2) is 35.1 Å². The zero-order chi connectivity index (χ0) is 24.8. The summed E-state index contributed by atoms with van der Waals surface area (Å²) in [4.78, 5) is 25.9. The molecule has 0 aromatic heterocycles. The lowest BCUT2D eigenvalue weighted by Crippen LogP contribution is -2.46. The lowest BCUT2D eigenvalue weighted by Gasteiger charge is -2.29. The Labute approximate surface area is 196 Å². The number of alkyl halides is 3. The average molecular weight is 485 g/mol. The van der Waals surface area contributed by atoms with Crippen molar-refractivity contribution in [3.8, 4) is 0 Å². The van der Waals surface area contributed by atoms with Crippen molar-refractivity contribution in [2.45, 2.75) is 51.1 Å². The van der Waals surface area contributed by atoms with Gasteiger partial charge < -0.3 is 16.2 Å². The Kier molecular flexibility index (Phi) is 9.46. The minimum absolute atomic E-state index is 0.156. The molecule has 180 valence electrons. The molecule has 0 aliphatic rings. The SMILES string of the molecule is CC(C)[C@H](CC(=O)[C@@H](NC(=O)[C@@H](N)Cc1cccc(Cl)c1)c1ccccc1)[C@H](O)C(F)(F)F. The van der Waals surface area contributed by atoms with Crippen LogP contribution in [0.15, 0.2) is 54.6 Å². The van der Waals surface area contributed by atoms with Gasteiger partial charge in [0.2, 0.25) is 5.91 Å². The number of nitrogens with one attached hydrogen (secondary N) is 1. The molecule has 1 amide bonds. The van der Waals surface area contributed by atoms with E-state index in [2.05, 4.69) is 5.32 Å². The van der Waals surface area contributed by atoms with Gasteiger partial charge in [-0.1, -0.05) is 67.9 Å². The van der Waals surface area contributed by atoms with E-state index >= 15 is 0 Å². The van der Waals surface area contributed by atoms with Gasteiger partial charge in [-0.05, 0) is 35.6 Å². The van der Waals surface area contributed by atoms with Crippen LogP contribution in [0.5, 0.6) is 0 Å². The molecule has 2 aromatic carbocycles. The quantitative estimate of drug-likeness (QED) is 0.470. The van der Waals surface area contributed by atoms with Crippen LogP contribution in [0.1, 0.15) is 37.4 Å². The van der Waals surface area contributed by atoms with Crippen molar-refractivity contribution in [1.82, 2.24) is 5.32 Å². The number of hydrogen-bond donors (Lipinski definition) is 3. The highest BCUT2D eigenvalue weighted by Gasteiger charge is 2.45. The zero-order valence-corrected chi connectivity index (χ0v) is 19.1. The van der Waals surface area contributed by atoms with Gasteiger partial charge in [0.1, 0.15) is 6.04 Å². The minimum atomic E-state index is -4.86. The topological polar surface area (TPSA) is 92.4 Å². The first kappa shape index (κ1) is 26.8. The average Bonchev–Trinajstić information content (AvgIpc) is 2.74. The van der Waals surface area contributed by atoms with E-state index in [0.717, 1.165) is 5.56 Å². The molecular formula is C24H28ClF3N2O3. The number of amides is 1. The fourth-order valence-corrected chi connectivity index (χ4v) is 3.77. The van der Waals surface area contributed by atoms with Crippen LogP contribution in [0.2, 0.25) is 5.02 Å². The Balaban J connectivity index is 2.22. The van der Waals surface area contributed by atoms with Gasteiger partial charge in [0.25, 0.3) is 0 Å². The van der Waals surface area contributed by atoms with Crippen LogP contribution >= 0.6 is 11.6 Å². The predicted molar refractivity (Wildman–Crippen MR) is 120 cm³/mol. The van der Waals surface area contributed by atoms with Crippen molar-refractivity contribution in [1.29, 1.82) is 0 Å². The molecule has 2 rings (SSSR count). The molecule has 0 bridgehead atoms. The number of ketones is 1. The van der Waals surface area contributed by atoms with E-state index in [-0.39, 0.29) is 6.42 Å². The van der Waals surface area contributed by atoms with Crippen LogP contribution in [-0.2, 0) is 16.0 Å². The maximum absolute atomic E-state index is 13.1. The number of rotatable bonds is 10. The monoisotopic (exact) mass is 484 g/mol. The number of hydrogen-bond acceptors (Lipinski definition) is 4. The molecule has 9 heteroatoms. The highest BCUT2D eigenvalue weighted by Crippen LogP contribution is 2.33. The molecule has 4 N–H and O–H groups in total. The summed E-state index contributed by atoms with van der Waals surface area (Å²) >= 11 is 5.96. The maximum atomic E-state index is 13.1. The number of carbonyl (C=O) groups excluding carboxylic acids is 2. The van der Waals surface area contributed by atoms with Crippen LogP contribution in [0, 0.1) is 11.8 Å². The number of halogens is 4. The molecule has 0 heterocycles. The number of nitrogens with two attached hydrogens (primary N) is 1. The second kappa shape index (κ2) is 11.6. The van der Waals surface area contributed by atoms with Crippen molar-refractivity contribution in [3.63, 3.8) is 0 Å². The van der Waals surface area contributed by atoms with Gasteiger partial charge in [-0.3, -0.25) is 9.59 Å². The fourth-order valence-electron chi connectivity index (χ4n) is 3.56. The van der Waals surface area contributed by atoms with E-state index < -0.39 is 54.3 Å². The lowest BCUT2D eigenvalue weighted by atomic mass is 9.83. The van der Waals surface area contributed by atoms with E-state index in [4.69, 9.17) is 17.3 Å². The van der Waals surface area contributed by atoms with Crippen LogP contribution in [0.25, 0.3) is 0 Å².